The lowest BCUT2D eigenvalue weighted by molar-refractivity contribution is -0.146. The Labute approximate surface area is 101 Å². The summed E-state index contributed by atoms with van der Waals surface area (Å²) in [6.07, 6.45) is 0.456. The average molecular weight is 239 g/mol. The van der Waals surface area contributed by atoms with E-state index in [4.69, 9.17) is 4.74 Å². The highest BCUT2D eigenvalue weighted by Crippen LogP contribution is 2.05. The summed E-state index contributed by atoms with van der Waals surface area (Å²) in [5, 5.41) is 2.93. The van der Waals surface area contributed by atoms with Crippen molar-refractivity contribution >= 4 is 5.97 Å². The van der Waals surface area contributed by atoms with Crippen molar-refractivity contribution in [3.8, 4) is 0 Å². The Balaban J connectivity index is 2.21. The minimum atomic E-state index is -0.284. The maximum absolute atomic E-state index is 13.2. The van der Waals surface area contributed by atoms with Gasteiger partial charge in [0.2, 0.25) is 0 Å². The van der Waals surface area contributed by atoms with Gasteiger partial charge in [-0.25, -0.2) is 4.39 Å². The Kier molecular flexibility index (Phi) is 5.63. The van der Waals surface area contributed by atoms with Crippen molar-refractivity contribution in [3.05, 3.63) is 35.6 Å². The second-order valence-electron chi connectivity index (χ2n) is 4.06. The van der Waals surface area contributed by atoms with Crippen LogP contribution in [0, 0.1) is 5.82 Å². The van der Waals surface area contributed by atoms with Gasteiger partial charge in [-0.3, -0.25) is 4.79 Å². The quantitative estimate of drug-likeness (QED) is 0.608. The van der Waals surface area contributed by atoms with Crippen LogP contribution in [0.2, 0.25) is 0 Å². The minimum absolute atomic E-state index is 0.101. The van der Waals surface area contributed by atoms with E-state index in [1.54, 1.807) is 32.0 Å². The number of nitrogens with one attached hydrogen (secondary N) is 1. The zero-order valence-corrected chi connectivity index (χ0v) is 10.2. The number of carbonyl (C=O) groups excluding carboxylic acids is 1. The molecule has 1 rings (SSSR count). The molecule has 0 fully saturated rings. The van der Waals surface area contributed by atoms with E-state index in [1.165, 1.54) is 6.07 Å². The minimum Gasteiger partial charge on any atom is -0.462 e. The summed E-state index contributed by atoms with van der Waals surface area (Å²) in [6.45, 7) is 4.31. The van der Waals surface area contributed by atoms with Gasteiger partial charge in [0.25, 0.3) is 0 Å². The summed E-state index contributed by atoms with van der Waals surface area (Å²) in [5.41, 5.74) is 0.650. The first kappa shape index (κ1) is 13.6. The monoisotopic (exact) mass is 239 g/mol. The number of halogens is 1. The number of hydrogen-bond acceptors (Lipinski definition) is 3. The largest absolute Gasteiger partial charge is 0.462 e. The molecule has 0 radical (unpaired) electrons. The lowest BCUT2D eigenvalue weighted by Crippen LogP contribution is -2.28. The number of esters is 1. The SMILES string of the molecule is CC(C)OC(=O)CNCCc1ccccc1F. The van der Waals surface area contributed by atoms with E-state index in [0.29, 0.717) is 18.5 Å². The Morgan fingerprint density at radius 2 is 2.12 bits per heavy atom. The summed E-state index contributed by atoms with van der Waals surface area (Å²) in [6, 6.07) is 6.63. The fraction of sp³-hybridized carbons (Fsp3) is 0.462. The van der Waals surface area contributed by atoms with Gasteiger partial charge in [0, 0.05) is 0 Å². The van der Waals surface area contributed by atoms with Crippen LogP contribution in [0.4, 0.5) is 4.39 Å². The van der Waals surface area contributed by atoms with Crippen LogP contribution in [0.3, 0.4) is 0 Å². The molecular formula is C13H18FNO2. The van der Waals surface area contributed by atoms with E-state index in [-0.39, 0.29) is 24.4 Å². The Bertz CT molecular complexity index is 366. The van der Waals surface area contributed by atoms with Crippen molar-refractivity contribution in [2.45, 2.75) is 26.4 Å². The number of benzene rings is 1. The van der Waals surface area contributed by atoms with Gasteiger partial charge < -0.3 is 10.1 Å². The fourth-order valence-corrected chi connectivity index (χ4v) is 1.42. The second-order valence-corrected chi connectivity index (χ2v) is 4.06. The molecule has 0 amide bonds. The molecule has 0 saturated carbocycles. The van der Waals surface area contributed by atoms with Crippen molar-refractivity contribution in [2.75, 3.05) is 13.1 Å². The molecule has 17 heavy (non-hydrogen) atoms. The molecule has 0 heterocycles. The molecule has 0 bridgehead atoms. The van der Waals surface area contributed by atoms with Crippen LogP contribution in [0.25, 0.3) is 0 Å². The van der Waals surface area contributed by atoms with Crippen LogP contribution in [0.5, 0.6) is 0 Å². The molecule has 1 aromatic rings. The van der Waals surface area contributed by atoms with Crippen LogP contribution in [-0.4, -0.2) is 25.2 Å². The van der Waals surface area contributed by atoms with Gasteiger partial charge in [0.1, 0.15) is 5.82 Å². The zero-order chi connectivity index (χ0) is 12.7. The lowest BCUT2D eigenvalue weighted by Gasteiger charge is -2.08. The average Bonchev–Trinajstić information content (AvgIpc) is 2.25. The van der Waals surface area contributed by atoms with Crippen LogP contribution in [0.1, 0.15) is 19.4 Å². The molecule has 0 unspecified atom stereocenters. The van der Waals surface area contributed by atoms with E-state index in [2.05, 4.69) is 5.32 Å². The molecule has 0 aliphatic rings. The summed E-state index contributed by atoms with van der Waals surface area (Å²) in [4.78, 5) is 11.2. The molecule has 1 N–H and O–H groups in total. The van der Waals surface area contributed by atoms with Crippen molar-refractivity contribution < 1.29 is 13.9 Å². The van der Waals surface area contributed by atoms with Gasteiger partial charge in [-0.15, -0.1) is 0 Å². The van der Waals surface area contributed by atoms with Crippen molar-refractivity contribution in [1.29, 1.82) is 0 Å². The molecule has 1 aromatic carbocycles. The van der Waals surface area contributed by atoms with Gasteiger partial charge in [-0.2, -0.15) is 0 Å². The first-order chi connectivity index (χ1) is 8.09. The Hall–Kier alpha value is -1.42. The molecule has 0 aliphatic carbocycles. The Morgan fingerprint density at radius 1 is 1.41 bits per heavy atom. The molecule has 3 nitrogen and oxygen atoms in total. The fourth-order valence-electron chi connectivity index (χ4n) is 1.42. The third kappa shape index (κ3) is 5.45. The van der Waals surface area contributed by atoms with Crippen molar-refractivity contribution in [2.24, 2.45) is 0 Å². The summed E-state index contributed by atoms with van der Waals surface area (Å²) in [7, 11) is 0. The molecular weight excluding hydrogens is 221 g/mol. The van der Waals surface area contributed by atoms with Gasteiger partial charge in [0.05, 0.1) is 12.6 Å². The highest BCUT2D eigenvalue weighted by Gasteiger charge is 2.05. The number of rotatable bonds is 6. The van der Waals surface area contributed by atoms with Crippen LogP contribution in [0.15, 0.2) is 24.3 Å². The van der Waals surface area contributed by atoms with Gasteiger partial charge in [-0.05, 0) is 38.4 Å². The van der Waals surface area contributed by atoms with Crippen LogP contribution < -0.4 is 5.32 Å². The molecule has 0 saturated heterocycles. The maximum Gasteiger partial charge on any atom is 0.320 e. The lowest BCUT2D eigenvalue weighted by atomic mass is 10.1. The van der Waals surface area contributed by atoms with E-state index < -0.39 is 0 Å². The Morgan fingerprint density at radius 3 is 2.76 bits per heavy atom. The smallest absolute Gasteiger partial charge is 0.320 e. The van der Waals surface area contributed by atoms with Gasteiger partial charge in [0.15, 0.2) is 0 Å². The molecule has 0 atom stereocenters. The second kappa shape index (κ2) is 7.01. The summed E-state index contributed by atoms with van der Waals surface area (Å²) >= 11 is 0. The number of hydrogen-bond donors (Lipinski definition) is 1. The van der Waals surface area contributed by atoms with Crippen molar-refractivity contribution in [3.63, 3.8) is 0 Å². The van der Waals surface area contributed by atoms with Gasteiger partial charge >= 0.3 is 5.97 Å². The summed E-state index contributed by atoms with van der Waals surface area (Å²) in [5.74, 6) is -0.493. The first-order valence-electron chi connectivity index (χ1n) is 5.73. The highest BCUT2D eigenvalue weighted by atomic mass is 19.1. The number of ether oxygens (including phenoxy) is 1. The summed E-state index contributed by atoms with van der Waals surface area (Å²) < 4.78 is 18.2. The molecule has 4 heteroatoms. The van der Waals surface area contributed by atoms with E-state index in [0.717, 1.165) is 0 Å². The first-order valence-corrected chi connectivity index (χ1v) is 5.73. The van der Waals surface area contributed by atoms with Gasteiger partial charge in [-0.1, -0.05) is 18.2 Å². The molecule has 94 valence electrons. The zero-order valence-electron chi connectivity index (χ0n) is 10.2. The third-order valence-electron chi connectivity index (χ3n) is 2.17. The predicted octanol–water partition coefficient (Wildman–Crippen LogP) is 1.91. The topological polar surface area (TPSA) is 38.3 Å². The van der Waals surface area contributed by atoms with E-state index in [1.807, 2.05) is 0 Å². The van der Waals surface area contributed by atoms with Crippen LogP contribution >= 0.6 is 0 Å². The van der Waals surface area contributed by atoms with E-state index >= 15 is 0 Å². The molecule has 0 aliphatic heterocycles. The standard InChI is InChI=1S/C13H18FNO2/c1-10(2)17-13(16)9-15-8-7-11-5-3-4-6-12(11)14/h3-6,10,15H,7-9H2,1-2H3. The normalized spacial score (nSPS) is 10.6. The number of carbonyl (C=O) groups is 1. The third-order valence-corrected chi connectivity index (χ3v) is 2.17. The highest BCUT2D eigenvalue weighted by molar-refractivity contribution is 5.71. The predicted molar refractivity (Wildman–Crippen MR) is 64.2 cm³/mol. The molecule has 0 aromatic heterocycles. The van der Waals surface area contributed by atoms with Crippen molar-refractivity contribution in [1.82, 2.24) is 5.32 Å². The maximum atomic E-state index is 13.2. The van der Waals surface area contributed by atoms with E-state index in [9.17, 15) is 9.18 Å². The van der Waals surface area contributed by atoms with Crippen LogP contribution in [-0.2, 0) is 16.0 Å². The molecule has 0 spiro atoms.